The Balaban J connectivity index is 2.56. The number of methoxy groups -OCH3 is 1. The molecule has 1 heterocycles. The second-order valence-corrected chi connectivity index (χ2v) is 8.08. The molecule has 204 valence electrons. The first-order chi connectivity index (χ1) is 17.5. The molecule has 37 heavy (non-hydrogen) atoms. The zero-order valence-corrected chi connectivity index (χ0v) is 21.2. The zero-order chi connectivity index (χ0) is 27.7. The van der Waals surface area contributed by atoms with Gasteiger partial charge in [0.1, 0.15) is 5.75 Å². The number of carbonyl (C=O) groups is 5. The van der Waals surface area contributed by atoms with Crippen molar-refractivity contribution in [1.29, 1.82) is 0 Å². The van der Waals surface area contributed by atoms with Crippen LogP contribution in [0.4, 0.5) is 5.69 Å². The van der Waals surface area contributed by atoms with Crippen LogP contribution in [-0.2, 0) is 54.3 Å². The maximum Gasteiger partial charge on any atom is 0.339 e. The van der Waals surface area contributed by atoms with Gasteiger partial charge in [0.05, 0.1) is 19.4 Å². The Bertz CT molecular complexity index is 1010. The number of hydrogen-bond acceptors (Lipinski definition) is 12. The lowest BCUT2D eigenvalue weighted by Crippen LogP contribution is -2.64. The predicted molar refractivity (Wildman–Crippen MR) is 124 cm³/mol. The molecule has 13 nitrogen and oxygen atoms in total. The Labute approximate surface area is 213 Å². The predicted octanol–water partition coefficient (Wildman–Crippen LogP) is 0.989. The summed E-state index contributed by atoms with van der Waals surface area (Å²) in [5, 5.41) is 12.2. The van der Waals surface area contributed by atoms with E-state index in [0.29, 0.717) is 12.0 Å². The van der Waals surface area contributed by atoms with Crippen molar-refractivity contribution in [3.8, 4) is 5.75 Å². The normalized spacial score (nSPS) is 22.8. The number of aliphatic hydroxyl groups is 1. The van der Waals surface area contributed by atoms with E-state index in [1.807, 2.05) is 6.92 Å². The Morgan fingerprint density at radius 3 is 2.08 bits per heavy atom. The molecule has 1 saturated heterocycles. The highest BCUT2D eigenvalue weighted by Gasteiger charge is 2.56. The fourth-order valence-electron chi connectivity index (χ4n) is 3.62. The molecule has 0 unspecified atom stereocenters. The van der Waals surface area contributed by atoms with Gasteiger partial charge in [0, 0.05) is 27.2 Å². The van der Waals surface area contributed by atoms with Crippen LogP contribution in [-0.4, -0.2) is 72.7 Å². The highest BCUT2D eigenvalue weighted by Crippen LogP contribution is 2.34. The van der Waals surface area contributed by atoms with Crippen molar-refractivity contribution in [2.45, 2.75) is 77.8 Å². The molecule has 1 amide bonds. The fourth-order valence-corrected chi connectivity index (χ4v) is 3.62. The van der Waals surface area contributed by atoms with E-state index in [9.17, 15) is 29.1 Å². The first-order valence-electron chi connectivity index (χ1n) is 11.5. The first-order valence-corrected chi connectivity index (χ1v) is 11.5. The first kappa shape index (κ1) is 29.5. The summed E-state index contributed by atoms with van der Waals surface area (Å²) in [6, 6.07) is 4.40. The smallest absolute Gasteiger partial charge is 0.339 e. The molecule has 0 bridgehead atoms. The minimum Gasteiger partial charge on any atom is -0.467 e. The molecule has 0 radical (unpaired) electrons. The van der Waals surface area contributed by atoms with Crippen LogP contribution in [0, 0.1) is 0 Å². The van der Waals surface area contributed by atoms with E-state index in [4.69, 9.17) is 28.4 Å². The van der Waals surface area contributed by atoms with E-state index in [1.165, 1.54) is 18.2 Å². The van der Waals surface area contributed by atoms with E-state index in [2.05, 4.69) is 5.32 Å². The lowest BCUT2D eigenvalue weighted by Gasteiger charge is -2.43. The summed E-state index contributed by atoms with van der Waals surface area (Å²) < 4.78 is 32.3. The standard InChI is InChI=1S/C24H31NO12/c1-6-7-18(30)25-16-10-15(11-26)8-9-17(16)36-24-22(35-14(4)29)20(34-13(3)28)19(33-12(2)27)21(37-24)23(31)32-5/h8-10,19-22,24,26H,6-7,11H2,1-5H3,(H,25,30)/t19-,20-,21-,22+,24+/m1/s1. The van der Waals surface area contributed by atoms with E-state index >= 15 is 0 Å². The third kappa shape index (κ3) is 8.15. The van der Waals surface area contributed by atoms with Crippen molar-refractivity contribution in [3.05, 3.63) is 23.8 Å². The number of carbonyl (C=O) groups excluding carboxylic acids is 5. The minimum absolute atomic E-state index is 0.0277. The van der Waals surface area contributed by atoms with Crippen LogP contribution in [0.3, 0.4) is 0 Å². The van der Waals surface area contributed by atoms with Crippen LogP contribution in [0.5, 0.6) is 5.75 Å². The summed E-state index contributed by atoms with van der Waals surface area (Å²) >= 11 is 0. The molecule has 13 heteroatoms. The van der Waals surface area contributed by atoms with Crippen molar-refractivity contribution in [2.24, 2.45) is 0 Å². The van der Waals surface area contributed by atoms with Gasteiger partial charge in [-0.2, -0.15) is 0 Å². The second-order valence-electron chi connectivity index (χ2n) is 8.08. The van der Waals surface area contributed by atoms with Gasteiger partial charge in [-0.25, -0.2) is 4.79 Å². The molecule has 1 aromatic carbocycles. The summed E-state index contributed by atoms with van der Waals surface area (Å²) in [7, 11) is 1.07. The number of amides is 1. The molecule has 5 atom stereocenters. The lowest BCUT2D eigenvalue weighted by molar-refractivity contribution is -0.282. The number of ether oxygens (including phenoxy) is 6. The molecule has 1 aliphatic heterocycles. The molecule has 2 N–H and O–H groups in total. The molecule has 0 saturated carbocycles. The average molecular weight is 526 g/mol. The van der Waals surface area contributed by atoms with Crippen molar-refractivity contribution >= 4 is 35.5 Å². The maximum absolute atomic E-state index is 12.6. The van der Waals surface area contributed by atoms with Gasteiger partial charge < -0.3 is 38.8 Å². The van der Waals surface area contributed by atoms with Gasteiger partial charge >= 0.3 is 23.9 Å². The van der Waals surface area contributed by atoms with E-state index < -0.39 is 54.6 Å². The number of anilines is 1. The molecule has 0 aliphatic carbocycles. The third-order valence-electron chi connectivity index (χ3n) is 5.06. The van der Waals surface area contributed by atoms with Crippen LogP contribution in [0.1, 0.15) is 46.1 Å². The number of nitrogens with one attached hydrogen (secondary N) is 1. The Morgan fingerprint density at radius 1 is 0.946 bits per heavy atom. The topological polar surface area (TPSA) is 173 Å². The summed E-state index contributed by atoms with van der Waals surface area (Å²) in [6.07, 6.45) is -7.02. The Hall–Kier alpha value is -3.71. The Kier molecular flexibility index (Phi) is 10.8. The van der Waals surface area contributed by atoms with Crippen LogP contribution in [0.2, 0.25) is 0 Å². The van der Waals surface area contributed by atoms with Gasteiger partial charge in [-0.15, -0.1) is 0 Å². The molecular weight excluding hydrogens is 494 g/mol. The highest BCUT2D eigenvalue weighted by molar-refractivity contribution is 5.92. The van der Waals surface area contributed by atoms with Crippen LogP contribution >= 0.6 is 0 Å². The average Bonchev–Trinajstić information content (AvgIpc) is 2.82. The van der Waals surface area contributed by atoms with Gasteiger partial charge in [-0.1, -0.05) is 13.0 Å². The summed E-state index contributed by atoms with van der Waals surface area (Å²) in [4.78, 5) is 60.5. The summed E-state index contributed by atoms with van der Waals surface area (Å²) in [5.41, 5.74) is 0.622. The number of hydrogen-bond donors (Lipinski definition) is 2. The summed E-state index contributed by atoms with van der Waals surface area (Å²) in [5.74, 6) is -3.76. The van der Waals surface area contributed by atoms with E-state index in [1.54, 1.807) is 0 Å². The number of aliphatic hydroxyl groups excluding tert-OH is 1. The number of rotatable bonds is 10. The van der Waals surface area contributed by atoms with E-state index in [0.717, 1.165) is 27.9 Å². The van der Waals surface area contributed by atoms with Crippen LogP contribution < -0.4 is 10.1 Å². The highest BCUT2D eigenvalue weighted by atomic mass is 16.7. The van der Waals surface area contributed by atoms with Crippen LogP contribution in [0.15, 0.2) is 18.2 Å². The van der Waals surface area contributed by atoms with Crippen molar-refractivity contribution in [1.82, 2.24) is 0 Å². The molecule has 0 aromatic heterocycles. The zero-order valence-electron chi connectivity index (χ0n) is 21.2. The Morgan fingerprint density at radius 2 is 1.54 bits per heavy atom. The van der Waals surface area contributed by atoms with Gasteiger partial charge in [-0.3, -0.25) is 19.2 Å². The minimum atomic E-state index is -1.63. The fraction of sp³-hybridized carbons (Fsp3) is 0.542. The van der Waals surface area contributed by atoms with Crippen molar-refractivity contribution in [3.63, 3.8) is 0 Å². The lowest BCUT2D eigenvalue weighted by atomic mass is 9.97. The van der Waals surface area contributed by atoms with Crippen LogP contribution in [0.25, 0.3) is 0 Å². The monoisotopic (exact) mass is 525 g/mol. The quantitative estimate of drug-likeness (QED) is 0.328. The van der Waals surface area contributed by atoms with Gasteiger partial charge in [0.25, 0.3) is 0 Å². The molecule has 0 spiro atoms. The van der Waals surface area contributed by atoms with Crippen molar-refractivity contribution < 1.29 is 57.5 Å². The van der Waals surface area contributed by atoms with Gasteiger partial charge in [0.15, 0.2) is 18.3 Å². The number of esters is 4. The molecule has 2 rings (SSSR count). The van der Waals surface area contributed by atoms with Crippen molar-refractivity contribution in [2.75, 3.05) is 12.4 Å². The summed E-state index contributed by atoms with van der Waals surface area (Å²) in [6.45, 7) is 4.72. The SMILES string of the molecule is CCCC(=O)Nc1cc(CO)ccc1O[C@H]1O[C@@H](C(=O)OC)[C@H](OC(C)=O)[C@@H](OC(C)=O)[C@@H]1OC(C)=O. The van der Waals surface area contributed by atoms with Gasteiger partial charge in [-0.05, 0) is 24.1 Å². The number of benzene rings is 1. The maximum atomic E-state index is 12.6. The second kappa shape index (κ2) is 13.6. The van der Waals surface area contributed by atoms with Gasteiger partial charge in [0.2, 0.25) is 18.3 Å². The largest absolute Gasteiger partial charge is 0.467 e. The molecule has 1 aliphatic rings. The molecule has 1 fully saturated rings. The van der Waals surface area contributed by atoms with E-state index in [-0.39, 0.29) is 30.4 Å². The third-order valence-corrected chi connectivity index (χ3v) is 5.06. The molecular formula is C24H31NO12. The molecule has 1 aromatic rings.